The van der Waals surface area contributed by atoms with Crippen molar-refractivity contribution in [3.63, 3.8) is 0 Å². The van der Waals surface area contributed by atoms with Gasteiger partial charge in [-0.05, 0) is 63.8 Å². The SMILES string of the molecule is C=C/C=C\C(=C\c1nc(-c2ccccc2)nc(-c2ccc(-c3ccc(C(=C)/C=c4\c(=C)n(-c5ccccc5)c5ccccc45)cc3)cc2)n1)C(=C)C=NC=C. The number of benzene rings is 5. The minimum atomic E-state index is 0.494. The summed E-state index contributed by atoms with van der Waals surface area (Å²) in [6, 6.07) is 45.4. The molecule has 0 spiro atoms. The molecule has 5 aromatic carbocycles. The predicted molar refractivity (Wildman–Crippen MR) is 233 cm³/mol. The van der Waals surface area contributed by atoms with Gasteiger partial charge in [-0.15, -0.1) is 0 Å². The van der Waals surface area contributed by atoms with E-state index in [1.807, 2.05) is 78.9 Å². The molecule has 0 radical (unpaired) electrons. The highest BCUT2D eigenvalue weighted by Crippen LogP contribution is 2.27. The van der Waals surface area contributed by atoms with Gasteiger partial charge in [0.1, 0.15) is 0 Å². The smallest absolute Gasteiger partial charge is 0.164 e. The molecule has 0 N–H and O–H groups in total. The number of nitrogens with zero attached hydrogens (tertiary/aromatic N) is 5. The van der Waals surface area contributed by atoms with E-state index in [1.54, 1.807) is 12.3 Å². The second kappa shape index (κ2) is 16.4. The zero-order valence-electron chi connectivity index (χ0n) is 30.5. The lowest BCUT2D eigenvalue weighted by atomic mass is 9.99. The van der Waals surface area contributed by atoms with Gasteiger partial charge in [0.25, 0.3) is 0 Å². The minimum absolute atomic E-state index is 0.494. The third-order valence-electron chi connectivity index (χ3n) is 9.17. The van der Waals surface area contributed by atoms with Crippen molar-refractivity contribution in [1.29, 1.82) is 0 Å². The van der Waals surface area contributed by atoms with E-state index in [4.69, 9.17) is 15.0 Å². The first-order valence-electron chi connectivity index (χ1n) is 17.8. The van der Waals surface area contributed by atoms with Crippen LogP contribution in [-0.4, -0.2) is 25.7 Å². The number of allylic oxidation sites excluding steroid dienone is 6. The molecule has 2 aromatic heterocycles. The summed E-state index contributed by atoms with van der Waals surface area (Å²) in [5.74, 6) is 1.62. The lowest BCUT2D eigenvalue weighted by molar-refractivity contribution is 1.04. The standard InChI is InChI=1S/C50H39N5/c1-6-8-17-43(36(4)34-51-7-2)33-48-52-49(41-18-11-9-12-19-41)54-50(53-48)42-30-28-40(29-31-42)39-26-24-38(25-27-39)35(3)32-46-37(5)55(44-20-13-10-14-21-44)47-23-16-15-22-45(46)47/h6-34H,1-5H2/b17-8-,43-33-,46-32+,51-34?. The van der Waals surface area contributed by atoms with Gasteiger partial charge < -0.3 is 4.57 Å². The Morgan fingerprint density at radius 2 is 1.22 bits per heavy atom. The van der Waals surface area contributed by atoms with E-state index < -0.39 is 0 Å². The third kappa shape index (κ3) is 7.97. The van der Waals surface area contributed by atoms with Gasteiger partial charge in [-0.1, -0.05) is 166 Å². The number of rotatable bonds is 12. The fraction of sp³-hybridized carbons (Fsp3) is 0. The molecule has 2 heterocycles. The lowest BCUT2D eigenvalue weighted by Gasteiger charge is -2.09. The first kappa shape index (κ1) is 35.9. The first-order chi connectivity index (χ1) is 26.9. The summed E-state index contributed by atoms with van der Waals surface area (Å²) in [4.78, 5) is 18.7. The molecule has 0 aliphatic carbocycles. The summed E-state index contributed by atoms with van der Waals surface area (Å²) >= 11 is 0. The quantitative estimate of drug-likeness (QED) is 0.0937. The molecule has 0 fully saturated rings. The van der Waals surface area contributed by atoms with Crippen molar-refractivity contribution in [3.8, 4) is 39.6 Å². The van der Waals surface area contributed by atoms with Crippen LogP contribution in [0.25, 0.3) is 74.8 Å². The second-order valence-electron chi connectivity index (χ2n) is 12.8. The number of aromatic nitrogens is 4. The molecule has 0 aliphatic rings. The Hall–Kier alpha value is -7.50. The van der Waals surface area contributed by atoms with E-state index in [0.29, 0.717) is 23.0 Å². The van der Waals surface area contributed by atoms with Crippen LogP contribution in [0.1, 0.15) is 11.4 Å². The van der Waals surface area contributed by atoms with Crippen molar-refractivity contribution < 1.29 is 0 Å². The molecule has 55 heavy (non-hydrogen) atoms. The molecule has 0 bridgehead atoms. The average Bonchev–Trinajstić information content (AvgIpc) is 3.52. The lowest BCUT2D eigenvalue weighted by Crippen LogP contribution is -2.26. The summed E-state index contributed by atoms with van der Waals surface area (Å²) < 4.78 is 2.20. The maximum atomic E-state index is 4.88. The Morgan fingerprint density at radius 1 is 0.636 bits per heavy atom. The zero-order valence-corrected chi connectivity index (χ0v) is 30.5. The van der Waals surface area contributed by atoms with Crippen molar-refractivity contribution in [1.82, 2.24) is 19.5 Å². The maximum absolute atomic E-state index is 4.88. The van der Waals surface area contributed by atoms with Crippen molar-refractivity contribution >= 4 is 41.4 Å². The van der Waals surface area contributed by atoms with Crippen LogP contribution in [0.5, 0.6) is 0 Å². The van der Waals surface area contributed by atoms with Gasteiger partial charge in [-0.2, -0.15) is 0 Å². The third-order valence-corrected chi connectivity index (χ3v) is 9.17. The van der Waals surface area contributed by atoms with Crippen LogP contribution in [0.4, 0.5) is 0 Å². The van der Waals surface area contributed by atoms with Gasteiger partial charge in [0.2, 0.25) is 0 Å². The van der Waals surface area contributed by atoms with Crippen molar-refractivity contribution in [3.05, 3.63) is 217 Å². The van der Waals surface area contributed by atoms with Gasteiger partial charge >= 0.3 is 0 Å². The Labute approximate surface area is 321 Å². The highest BCUT2D eigenvalue weighted by atomic mass is 15.0. The van der Waals surface area contributed by atoms with Crippen LogP contribution in [-0.2, 0) is 0 Å². The van der Waals surface area contributed by atoms with Gasteiger partial charge in [-0.25, -0.2) is 15.0 Å². The number of aliphatic imine (C=N–C) groups is 1. The van der Waals surface area contributed by atoms with E-state index in [-0.39, 0.29) is 0 Å². The second-order valence-corrected chi connectivity index (χ2v) is 12.8. The highest BCUT2D eigenvalue weighted by Gasteiger charge is 2.12. The number of hydrogen-bond acceptors (Lipinski definition) is 4. The molecule has 7 rings (SSSR count). The van der Waals surface area contributed by atoms with Crippen LogP contribution < -0.4 is 10.6 Å². The van der Waals surface area contributed by atoms with Crippen LogP contribution >= 0.6 is 0 Å². The fourth-order valence-electron chi connectivity index (χ4n) is 6.37. The molecular formula is C50H39N5. The molecule has 0 saturated heterocycles. The Balaban J connectivity index is 1.19. The normalized spacial score (nSPS) is 12.1. The van der Waals surface area contributed by atoms with Crippen LogP contribution in [0.15, 0.2) is 200 Å². The van der Waals surface area contributed by atoms with E-state index in [9.17, 15) is 0 Å². The molecule has 0 amide bonds. The van der Waals surface area contributed by atoms with Crippen molar-refractivity contribution in [2.24, 2.45) is 4.99 Å². The van der Waals surface area contributed by atoms with E-state index >= 15 is 0 Å². The molecule has 5 nitrogen and oxygen atoms in total. The summed E-state index contributed by atoms with van der Waals surface area (Å²) in [5, 5.41) is 3.13. The maximum Gasteiger partial charge on any atom is 0.164 e. The number of fused-ring (bicyclic) bond motifs is 1. The minimum Gasteiger partial charge on any atom is -0.310 e. The van der Waals surface area contributed by atoms with Gasteiger partial charge in [0, 0.05) is 45.2 Å². The molecule has 0 atom stereocenters. The summed E-state index contributed by atoms with van der Waals surface area (Å²) in [7, 11) is 0. The fourth-order valence-corrected chi connectivity index (χ4v) is 6.37. The summed E-state index contributed by atoms with van der Waals surface area (Å²) in [6.45, 7) is 20.6. The number of hydrogen-bond donors (Lipinski definition) is 0. The monoisotopic (exact) mass is 709 g/mol. The summed E-state index contributed by atoms with van der Waals surface area (Å²) in [5.41, 5.74) is 9.53. The van der Waals surface area contributed by atoms with E-state index in [1.165, 1.54) is 6.20 Å². The van der Waals surface area contributed by atoms with Gasteiger partial charge in [0.05, 0.1) is 5.52 Å². The topological polar surface area (TPSA) is 56.0 Å². The van der Waals surface area contributed by atoms with Crippen LogP contribution in [0.3, 0.4) is 0 Å². The average molecular weight is 710 g/mol. The van der Waals surface area contributed by atoms with Crippen molar-refractivity contribution in [2.75, 3.05) is 0 Å². The molecule has 0 unspecified atom stereocenters. The molecule has 0 saturated carbocycles. The van der Waals surface area contributed by atoms with Crippen LogP contribution in [0.2, 0.25) is 0 Å². The summed E-state index contributed by atoms with van der Waals surface area (Å²) in [6.07, 6.45) is 12.6. The Morgan fingerprint density at radius 3 is 1.87 bits per heavy atom. The molecule has 5 heteroatoms. The van der Waals surface area contributed by atoms with E-state index in [2.05, 4.69) is 121 Å². The van der Waals surface area contributed by atoms with Crippen LogP contribution in [0, 0.1) is 0 Å². The number of para-hydroxylation sites is 2. The largest absolute Gasteiger partial charge is 0.310 e. The van der Waals surface area contributed by atoms with Crippen molar-refractivity contribution in [2.45, 2.75) is 0 Å². The molecule has 264 valence electrons. The predicted octanol–water partition coefficient (Wildman–Crippen LogP) is 10.6. The molecular weight excluding hydrogens is 671 g/mol. The zero-order chi connectivity index (χ0) is 38.1. The van der Waals surface area contributed by atoms with Gasteiger partial charge in [0.15, 0.2) is 17.5 Å². The first-order valence-corrected chi connectivity index (χ1v) is 17.8. The van der Waals surface area contributed by atoms with E-state index in [0.717, 1.165) is 66.1 Å². The molecule has 7 aromatic rings. The highest BCUT2D eigenvalue weighted by molar-refractivity contribution is 5.93. The van der Waals surface area contributed by atoms with Gasteiger partial charge in [-0.3, -0.25) is 4.99 Å². The molecule has 0 aliphatic heterocycles. The Bertz CT molecular complexity index is 2750. The Kier molecular flexibility index (Phi) is 10.7.